The van der Waals surface area contributed by atoms with E-state index in [4.69, 9.17) is 9.84 Å². The van der Waals surface area contributed by atoms with Gasteiger partial charge in [-0.25, -0.2) is 4.79 Å². The smallest absolute Gasteiger partial charge is 0.321 e. The zero-order chi connectivity index (χ0) is 15.0. The van der Waals surface area contributed by atoms with Crippen molar-refractivity contribution in [3.8, 4) is 0 Å². The van der Waals surface area contributed by atoms with E-state index >= 15 is 0 Å². The van der Waals surface area contributed by atoms with Crippen LogP contribution in [0.5, 0.6) is 0 Å². The molecule has 1 saturated heterocycles. The standard InChI is InChI=1S/C12H21N3O5/c1-13-12(19)14-10(16)8-15-5-2-9(3-6-15)20-7-4-11(17)18/h9H,2-8H2,1H3,(H,17,18)(H2,13,14,16,19). The van der Waals surface area contributed by atoms with Crippen LogP contribution in [-0.2, 0) is 14.3 Å². The summed E-state index contributed by atoms with van der Waals surface area (Å²) in [6.45, 7) is 1.78. The Kier molecular flexibility index (Phi) is 6.96. The van der Waals surface area contributed by atoms with E-state index in [2.05, 4.69) is 10.6 Å². The molecule has 0 aromatic carbocycles. The zero-order valence-electron chi connectivity index (χ0n) is 11.6. The number of nitrogens with one attached hydrogen (secondary N) is 2. The van der Waals surface area contributed by atoms with E-state index < -0.39 is 12.0 Å². The minimum absolute atomic E-state index is 0.00868. The number of rotatable bonds is 6. The summed E-state index contributed by atoms with van der Waals surface area (Å²) >= 11 is 0. The second kappa shape index (κ2) is 8.49. The molecule has 0 aromatic rings. The van der Waals surface area contributed by atoms with Crippen molar-refractivity contribution in [3.63, 3.8) is 0 Å². The predicted molar refractivity (Wildman–Crippen MR) is 70.3 cm³/mol. The first-order valence-corrected chi connectivity index (χ1v) is 6.58. The largest absolute Gasteiger partial charge is 0.481 e. The Balaban J connectivity index is 2.17. The summed E-state index contributed by atoms with van der Waals surface area (Å²) in [7, 11) is 1.45. The van der Waals surface area contributed by atoms with Gasteiger partial charge in [0.25, 0.3) is 0 Å². The van der Waals surface area contributed by atoms with E-state index in [0.29, 0.717) is 13.1 Å². The quantitative estimate of drug-likeness (QED) is 0.602. The van der Waals surface area contributed by atoms with Crippen LogP contribution < -0.4 is 10.6 Å². The number of piperidine rings is 1. The second-order valence-corrected chi connectivity index (χ2v) is 4.62. The minimum Gasteiger partial charge on any atom is -0.481 e. The van der Waals surface area contributed by atoms with E-state index in [0.717, 1.165) is 12.8 Å². The summed E-state index contributed by atoms with van der Waals surface area (Å²) in [5.74, 6) is -1.21. The highest BCUT2D eigenvalue weighted by Crippen LogP contribution is 2.13. The van der Waals surface area contributed by atoms with Crippen molar-refractivity contribution in [2.75, 3.05) is 33.3 Å². The molecule has 0 spiro atoms. The molecule has 3 amide bonds. The van der Waals surface area contributed by atoms with E-state index in [1.165, 1.54) is 7.05 Å². The number of carboxylic acids is 1. The third-order valence-corrected chi connectivity index (χ3v) is 3.05. The highest BCUT2D eigenvalue weighted by molar-refractivity contribution is 5.95. The van der Waals surface area contributed by atoms with E-state index in [-0.39, 0.29) is 31.6 Å². The summed E-state index contributed by atoms with van der Waals surface area (Å²) in [6.07, 6.45) is 1.57. The molecule has 0 saturated carbocycles. The number of aliphatic carboxylic acids is 1. The van der Waals surface area contributed by atoms with Gasteiger partial charge in [0.15, 0.2) is 0 Å². The molecule has 0 unspecified atom stereocenters. The molecule has 1 heterocycles. The van der Waals surface area contributed by atoms with Crippen LogP contribution >= 0.6 is 0 Å². The van der Waals surface area contributed by atoms with Crippen molar-refractivity contribution in [1.82, 2.24) is 15.5 Å². The molecule has 0 radical (unpaired) electrons. The molecular weight excluding hydrogens is 266 g/mol. The number of urea groups is 1. The van der Waals surface area contributed by atoms with Gasteiger partial charge in [-0.05, 0) is 12.8 Å². The van der Waals surface area contributed by atoms with Crippen LogP contribution in [0.1, 0.15) is 19.3 Å². The van der Waals surface area contributed by atoms with Gasteiger partial charge >= 0.3 is 12.0 Å². The highest BCUT2D eigenvalue weighted by Gasteiger charge is 2.21. The predicted octanol–water partition coefficient (Wildman–Crippen LogP) is -0.602. The van der Waals surface area contributed by atoms with Crippen molar-refractivity contribution in [1.29, 1.82) is 0 Å². The molecule has 0 bridgehead atoms. The second-order valence-electron chi connectivity index (χ2n) is 4.62. The van der Waals surface area contributed by atoms with E-state index in [1.54, 1.807) is 0 Å². The van der Waals surface area contributed by atoms with Crippen LogP contribution in [0.15, 0.2) is 0 Å². The molecule has 1 aliphatic rings. The summed E-state index contributed by atoms with van der Waals surface area (Å²) < 4.78 is 5.46. The molecular formula is C12H21N3O5. The number of carbonyl (C=O) groups excluding carboxylic acids is 2. The Hall–Kier alpha value is -1.67. The summed E-state index contributed by atoms with van der Waals surface area (Å²) in [5.41, 5.74) is 0. The fraction of sp³-hybridized carbons (Fsp3) is 0.750. The number of amides is 3. The molecule has 1 fully saturated rings. The molecule has 0 atom stereocenters. The minimum atomic E-state index is -0.867. The van der Waals surface area contributed by atoms with Gasteiger partial charge in [-0.2, -0.15) is 0 Å². The average molecular weight is 287 g/mol. The molecule has 3 N–H and O–H groups in total. The van der Waals surface area contributed by atoms with E-state index in [9.17, 15) is 14.4 Å². The summed E-state index contributed by atoms with van der Waals surface area (Å²) in [4.78, 5) is 34.8. The molecule has 0 aromatic heterocycles. The van der Waals surface area contributed by atoms with Crippen molar-refractivity contribution in [2.24, 2.45) is 0 Å². The first kappa shape index (κ1) is 16.4. The van der Waals surface area contributed by atoms with Crippen molar-refractivity contribution < 1.29 is 24.2 Å². The Bertz CT molecular complexity index is 353. The Morgan fingerprint density at radius 2 is 1.95 bits per heavy atom. The SMILES string of the molecule is CNC(=O)NC(=O)CN1CCC(OCCC(=O)O)CC1. The lowest BCUT2D eigenvalue weighted by atomic mass is 10.1. The topological polar surface area (TPSA) is 108 Å². The third kappa shape index (κ3) is 6.48. The maximum Gasteiger partial charge on any atom is 0.321 e. The first-order chi connectivity index (χ1) is 9.51. The lowest BCUT2D eigenvalue weighted by Crippen LogP contribution is -2.46. The van der Waals surface area contributed by atoms with Crippen molar-refractivity contribution >= 4 is 17.9 Å². The number of ether oxygens (including phenoxy) is 1. The first-order valence-electron chi connectivity index (χ1n) is 6.58. The average Bonchev–Trinajstić information content (AvgIpc) is 2.40. The van der Waals surface area contributed by atoms with Gasteiger partial charge < -0.3 is 15.2 Å². The van der Waals surface area contributed by atoms with Crippen LogP contribution in [0.3, 0.4) is 0 Å². The molecule has 8 nitrogen and oxygen atoms in total. The fourth-order valence-electron chi connectivity index (χ4n) is 1.98. The summed E-state index contributed by atoms with van der Waals surface area (Å²) in [6, 6.07) is -0.512. The fourth-order valence-corrected chi connectivity index (χ4v) is 1.98. The number of hydrogen-bond donors (Lipinski definition) is 3. The third-order valence-electron chi connectivity index (χ3n) is 3.05. The van der Waals surface area contributed by atoms with Crippen molar-refractivity contribution in [2.45, 2.75) is 25.4 Å². The number of carbonyl (C=O) groups is 3. The highest BCUT2D eigenvalue weighted by atomic mass is 16.5. The number of carboxylic acid groups (broad SMARTS) is 1. The lowest BCUT2D eigenvalue weighted by molar-refractivity contribution is -0.139. The number of imide groups is 1. The van der Waals surface area contributed by atoms with Gasteiger partial charge in [0.2, 0.25) is 5.91 Å². The Morgan fingerprint density at radius 3 is 2.50 bits per heavy atom. The van der Waals surface area contributed by atoms with Gasteiger partial charge in [0, 0.05) is 20.1 Å². The van der Waals surface area contributed by atoms with Gasteiger partial charge in [0.05, 0.1) is 25.7 Å². The van der Waals surface area contributed by atoms with Gasteiger partial charge in [-0.3, -0.25) is 19.8 Å². The van der Waals surface area contributed by atoms with Gasteiger partial charge in [-0.15, -0.1) is 0 Å². The van der Waals surface area contributed by atoms with Crippen LogP contribution in [0.4, 0.5) is 4.79 Å². The molecule has 0 aliphatic carbocycles. The van der Waals surface area contributed by atoms with Gasteiger partial charge in [0.1, 0.15) is 0 Å². The summed E-state index contributed by atoms with van der Waals surface area (Å²) in [5, 5.41) is 13.0. The maximum atomic E-state index is 11.5. The monoisotopic (exact) mass is 287 g/mol. The van der Waals surface area contributed by atoms with Crippen LogP contribution in [-0.4, -0.2) is 67.3 Å². The number of nitrogens with zero attached hydrogens (tertiary/aromatic N) is 1. The molecule has 114 valence electrons. The lowest BCUT2D eigenvalue weighted by Gasteiger charge is -2.31. The normalized spacial score (nSPS) is 16.6. The molecule has 8 heteroatoms. The number of hydrogen-bond acceptors (Lipinski definition) is 5. The Morgan fingerprint density at radius 1 is 1.30 bits per heavy atom. The van der Waals surface area contributed by atoms with Crippen LogP contribution in [0, 0.1) is 0 Å². The van der Waals surface area contributed by atoms with E-state index in [1.807, 2.05) is 4.90 Å². The molecule has 1 aliphatic heterocycles. The van der Waals surface area contributed by atoms with Crippen LogP contribution in [0.25, 0.3) is 0 Å². The maximum absolute atomic E-state index is 11.5. The Labute approximate surface area is 117 Å². The zero-order valence-corrected chi connectivity index (χ0v) is 11.6. The number of likely N-dealkylation sites (tertiary alicyclic amines) is 1. The van der Waals surface area contributed by atoms with Crippen molar-refractivity contribution in [3.05, 3.63) is 0 Å². The molecule has 1 rings (SSSR count). The molecule has 20 heavy (non-hydrogen) atoms. The van der Waals surface area contributed by atoms with Crippen LogP contribution in [0.2, 0.25) is 0 Å². The van der Waals surface area contributed by atoms with Gasteiger partial charge in [-0.1, -0.05) is 0 Å².